The fourth-order valence-corrected chi connectivity index (χ4v) is 4.88. The Bertz CT molecular complexity index is 847. The van der Waals surface area contributed by atoms with E-state index in [4.69, 9.17) is 5.73 Å². The van der Waals surface area contributed by atoms with Crippen molar-refractivity contribution in [3.63, 3.8) is 0 Å². The third-order valence-electron chi connectivity index (χ3n) is 6.90. The summed E-state index contributed by atoms with van der Waals surface area (Å²) in [4.78, 5) is 24.9. The number of primary amides is 1. The molecule has 1 unspecified atom stereocenters. The van der Waals surface area contributed by atoms with Gasteiger partial charge in [-0.25, -0.2) is 9.59 Å². The molecule has 3 amide bonds. The van der Waals surface area contributed by atoms with Gasteiger partial charge in [0, 0.05) is 12.8 Å². The van der Waals surface area contributed by atoms with Crippen LogP contribution < -0.4 is 5.73 Å². The lowest BCUT2D eigenvalue weighted by atomic mass is 10.0. The zero-order valence-corrected chi connectivity index (χ0v) is 18.9. The van der Waals surface area contributed by atoms with E-state index in [0.29, 0.717) is 19.4 Å². The first-order valence-electron chi connectivity index (χ1n) is 11.9. The van der Waals surface area contributed by atoms with E-state index < -0.39 is 6.03 Å². The minimum atomic E-state index is -0.492. The summed E-state index contributed by atoms with van der Waals surface area (Å²) in [5.41, 5.74) is 9.56. The highest BCUT2D eigenvalue weighted by Crippen LogP contribution is 2.28. The summed E-state index contributed by atoms with van der Waals surface area (Å²) in [6.07, 6.45) is 10.1. The average molecular weight is 422 g/mol. The van der Waals surface area contributed by atoms with Gasteiger partial charge in [-0.2, -0.15) is 4.48 Å². The van der Waals surface area contributed by atoms with Crippen molar-refractivity contribution in [1.29, 1.82) is 0 Å². The van der Waals surface area contributed by atoms with Gasteiger partial charge in [-0.3, -0.25) is 0 Å². The molecule has 1 heterocycles. The molecule has 2 N–H and O–H groups in total. The monoisotopic (exact) mass is 421 g/mol. The number of urea groups is 1. The second-order valence-corrected chi connectivity index (χ2v) is 9.03. The van der Waals surface area contributed by atoms with Crippen LogP contribution in [0.25, 0.3) is 0 Å². The second-order valence-electron chi connectivity index (χ2n) is 9.03. The summed E-state index contributed by atoms with van der Waals surface area (Å²) < 4.78 is -0.164. The molecule has 31 heavy (non-hydrogen) atoms. The van der Waals surface area contributed by atoms with Crippen LogP contribution in [0.15, 0.2) is 54.6 Å². The molecule has 0 spiro atoms. The molecule has 2 atom stereocenters. The Morgan fingerprint density at radius 2 is 1.39 bits per heavy atom. The highest BCUT2D eigenvalue weighted by Gasteiger charge is 2.50. The molecule has 1 saturated heterocycles. The van der Waals surface area contributed by atoms with E-state index in [1.807, 2.05) is 6.92 Å². The number of nitrogens with zero attached hydrogens (tertiary/aromatic N) is 1. The fourth-order valence-electron chi connectivity index (χ4n) is 4.88. The summed E-state index contributed by atoms with van der Waals surface area (Å²) in [7, 11) is 0. The number of hydrogen-bond donors (Lipinski definition) is 1. The quantitative estimate of drug-likeness (QED) is 0.403. The number of aryl methyl sites for hydroxylation is 3. The lowest BCUT2D eigenvalue weighted by molar-refractivity contribution is -0.783. The van der Waals surface area contributed by atoms with E-state index in [1.165, 1.54) is 43.2 Å². The van der Waals surface area contributed by atoms with E-state index in [0.717, 1.165) is 24.8 Å². The van der Waals surface area contributed by atoms with E-state index in [9.17, 15) is 9.59 Å². The van der Waals surface area contributed by atoms with Gasteiger partial charge in [0.2, 0.25) is 0 Å². The van der Waals surface area contributed by atoms with Gasteiger partial charge in [-0.05, 0) is 55.7 Å². The molecule has 0 aliphatic carbocycles. The van der Waals surface area contributed by atoms with Crippen LogP contribution in [0.4, 0.5) is 4.79 Å². The molecule has 4 nitrogen and oxygen atoms in total. The lowest BCUT2D eigenvalue weighted by Gasteiger charge is -2.31. The van der Waals surface area contributed by atoms with Gasteiger partial charge >= 0.3 is 11.9 Å². The van der Waals surface area contributed by atoms with Crippen LogP contribution in [-0.4, -0.2) is 29.0 Å². The number of unbranched alkanes of at least 4 members (excludes halogenated alkanes) is 3. The van der Waals surface area contributed by atoms with E-state index in [2.05, 4.69) is 54.6 Å². The number of rotatable bonds is 10. The highest BCUT2D eigenvalue weighted by atomic mass is 16.2. The van der Waals surface area contributed by atoms with Crippen molar-refractivity contribution in [1.82, 2.24) is 0 Å². The van der Waals surface area contributed by atoms with Crippen LogP contribution in [0.2, 0.25) is 0 Å². The predicted molar refractivity (Wildman–Crippen MR) is 125 cm³/mol. The predicted octanol–water partition coefficient (Wildman–Crippen LogP) is 5.57. The van der Waals surface area contributed by atoms with Crippen LogP contribution in [0.3, 0.4) is 0 Å². The molecule has 4 heteroatoms. The van der Waals surface area contributed by atoms with Crippen LogP contribution >= 0.6 is 0 Å². The molecule has 1 aliphatic heterocycles. The molecule has 2 aromatic rings. The van der Waals surface area contributed by atoms with Gasteiger partial charge in [0.25, 0.3) is 0 Å². The van der Waals surface area contributed by atoms with E-state index >= 15 is 0 Å². The third-order valence-corrected chi connectivity index (χ3v) is 6.90. The minimum absolute atomic E-state index is 0.0000638. The van der Waals surface area contributed by atoms with Gasteiger partial charge in [0.15, 0.2) is 0 Å². The minimum Gasteiger partial charge on any atom is -0.318 e. The Labute approximate surface area is 187 Å². The molecule has 2 aromatic carbocycles. The first kappa shape index (κ1) is 23.2. The van der Waals surface area contributed by atoms with Crippen LogP contribution in [-0.2, 0) is 24.1 Å². The maximum atomic E-state index is 12.8. The summed E-state index contributed by atoms with van der Waals surface area (Å²) in [5, 5.41) is 0. The first-order valence-corrected chi connectivity index (χ1v) is 11.9. The topological polar surface area (TPSA) is 60.2 Å². The molecule has 0 bridgehead atoms. The van der Waals surface area contributed by atoms with Gasteiger partial charge in [-0.15, -0.1) is 0 Å². The Hall–Kier alpha value is -2.46. The number of benzene rings is 2. The number of carbonyl (C=O) groups excluding carboxylic acids is 2. The number of imide groups is 1. The molecular formula is C27H37N2O2+. The molecule has 3 rings (SSSR count). The van der Waals surface area contributed by atoms with Crippen LogP contribution in [0, 0.1) is 0 Å². The summed E-state index contributed by atoms with van der Waals surface area (Å²) >= 11 is 0. The van der Waals surface area contributed by atoms with Crippen molar-refractivity contribution < 1.29 is 14.1 Å². The lowest BCUT2D eigenvalue weighted by Crippen LogP contribution is -2.61. The van der Waals surface area contributed by atoms with Crippen LogP contribution in [0.5, 0.6) is 0 Å². The van der Waals surface area contributed by atoms with Crippen molar-refractivity contribution in [2.24, 2.45) is 5.73 Å². The summed E-state index contributed by atoms with van der Waals surface area (Å²) in [5.74, 6) is -0.0305. The molecule has 0 radical (unpaired) electrons. The molecule has 1 fully saturated rings. The van der Waals surface area contributed by atoms with Gasteiger partial charge in [0.1, 0.15) is 6.04 Å². The number of carbonyl (C=O) groups is 2. The maximum absolute atomic E-state index is 12.8. The number of nitrogens with two attached hydrogens (primary N) is 1. The molecule has 0 aromatic heterocycles. The number of quaternary nitrogens is 1. The zero-order valence-electron chi connectivity index (χ0n) is 18.9. The zero-order chi connectivity index (χ0) is 22.1. The fraction of sp³-hybridized carbons (Fsp3) is 0.481. The number of amides is 3. The molecule has 166 valence electrons. The summed E-state index contributed by atoms with van der Waals surface area (Å²) in [6.45, 7) is 2.52. The standard InChI is InChI=1S/C27H36N2O2/c1-22-10-9-21-29(22,27(28)31)26(30)20-19-25-17-15-24(16-18-25)14-6-3-2-5-11-23-12-7-4-8-13-23/h4,7-8,12-13,15-18,22H,2-3,5-6,9-11,14,19-21H2,1H3,(H-,28,31)/p+1/t22-,29?/m1/s1. The maximum Gasteiger partial charge on any atom is 0.421 e. The number of likely N-dealkylation sites (tertiary alicyclic amines) is 1. The second kappa shape index (κ2) is 11.2. The SMILES string of the molecule is C[C@@H]1CCC[N+]1(C(N)=O)C(=O)CCc1ccc(CCCCCCc2ccccc2)cc1. The van der Waals surface area contributed by atoms with Crippen molar-refractivity contribution >= 4 is 11.9 Å². The largest absolute Gasteiger partial charge is 0.421 e. The Balaban J connectivity index is 1.37. The Kier molecular flexibility index (Phi) is 8.42. The van der Waals surface area contributed by atoms with Gasteiger partial charge < -0.3 is 5.73 Å². The van der Waals surface area contributed by atoms with Crippen molar-refractivity contribution in [3.05, 3.63) is 71.3 Å². The Morgan fingerprint density at radius 1 is 0.839 bits per heavy atom. The molecule has 1 aliphatic rings. The van der Waals surface area contributed by atoms with Gasteiger partial charge in [0.05, 0.1) is 13.0 Å². The normalized spacial score (nSPS) is 20.6. The smallest absolute Gasteiger partial charge is 0.318 e. The van der Waals surface area contributed by atoms with E-state index in [1.54, 1.807) is 0 Å². The number of hydrogen-bond acceptors (Lipinski definition) is 2. The third kappa shape index (κ3) is 6.04. The van der Waals surface area contributed by atoms with E-state index in [-0.39, 0.29) is 16.4 Å². The molecular weight excluding hydrogens is 384 g/mol. The van der Waals surface area contributed by atoms with Crippen LogP contribution in [0.1, 0.15) is 68.6 Å². The first-order chi connectivity index (χ1) is 15.0. The van der Waals surface area contributed by atoms with Crippen molar-refractivity contribution in [2.75, 3.05) is 6.54 Å². The molecule has 0 saturated carbocycles. The average Bonchev–Trinajstić information content (AvgIpc) is 3.18. The van der Waals surface area contributed by atoms with Crippen molar-refractivity contribution in [3.8, 4) is 0 Å². The Morgan fingerprint density at radius 3 is 1.90 bits per heavy atom. The highest BCUT2D eigenvalue weighted by molar-refractivity contribution is 5.83. The van der Waals surface area contributed by atoms with Crippen molar-refractivity contribution in [2.45, 2.75) is 77.2 Å². The van der Waals surface area contributed by atoms with Gasteiger partial charge in [-0.1, -0.05) is 67.4 Å². The summed E-state index contributed by atoms with van der Waals surface area (Å²) in [6, 6.07) is 18.8.